The predicted molar refractivity (Wildman–Crippen MR) is 77.1 cm³/mol. The van der Waals surface area contributed by atoms with Gasteiger partial charge >= 0.3 is 5.91 Å². The summed E-state index contributed by atoms with van der Waals surface area (Å²) in [5.74, 6) is 0.195. The average molecular weight is 274 g/mol. The van der Waals surface area contributed by atoms with Crippen LogP contribution in [0, 0.1) is 11.8 Å². The molecule has 1 amide bonds. The summed E-state index contributed by atoms with van der Waals surface area (Å²) in [7, 11) is 0. The first-order valence-electron chi connectivity index (χ1n) is 7.03. The summed E-state index contributed by atoms with van der Waals surface area (Å²) in [6, 6.07) is 5.12. The van der Waals surface area contributed by atoms with E-state index in [1.165, 1.54) is 0 Å². The van der Waals surface area contributed by atoms with Crippen molar-refractivity contribution in [2.75, 3.05) is 6.61 Å². The summed E-state index contributed by atoms with van der Waals surface area (Å²) < 4.78 is 6.23. The van der Waals surface area contributed by atoms with Crippen molar-refractivity contribution in [2.45, 2.75) is 39.2 Å². The van der Waals surface area contributed by atoms with Crippen LogP contribution in [-0.2, 0) is 0 Å². The maximum absolute atomic E-state index is 12.1. The molecule has 20 heavy (non-hydrogen) atoms. The SMILES string of the molecule is CC/C=C\COc1cccc(C(=O)[N+](=O)C2CC2)c1C. The maximum Gasteiger partial charge on any atom is 0.465 e. The highest BCUT2D eigenvalue weighted by Crippen LogP contribution is 2.27. The molecule has 0 N–H and O–H groups in total. The Kier molecular flexibility index (Phi) is 4.66. The monoisotopic (exact) mass is 274 g/mol. The number of nitroso groups, excluding NO2 is 1. The van der Waals surface area contributed by atoms with Gasteiger partial charge in [-0.05, 0) is 25.5 Å². The van der Waals surface area contributed by atoms with E-state index in [0.29, 0.717) is 22.7 Å². The molecule has 4 heteroatoms. The minimum absolute atomic E-state index is 0.126. The summed E-state index contributed by atoms with van der Waals surface area (Å²) in [6.07, 6.45) is 6.56. The Morgan fingerprint density at radius 1 is 1.40 bits per heavy atom. The lowest BCUT2D eigenvalue weighted by atomic mass is 10.1. The summed E-state index contributed by atoms with van der Waals surface area (Å²) >= 11 is 0. The Balaban J connectivity index is 2.12. The molecule has 1 aromatic carbocycles. The van der Waals surface area contributed by atoms with Crippen molar-refractivity contribution in [3.8, 4) is 5.75 Å². The van der Waals surface area contributed by atoms with Crippen LogP contribution in [0.3, 0.4) is 0 Å². The Hall–Kier alpha value is -1.97. The summed E-state index contributed by atoms with van der Waals surface area (Å²) in [5, 5.41) is 0. The molecule has 2 rings (SSSR count). The fourth-order valence-corrected chi connectivity index (χ4v) is 1.97. The number of rotatable bonds is 6. The Morgan fingerprint density at radius 2 is 2.15 bits per heavy atom. The van der Waals surface area contributed by atoms with E-state index < -0.39 is 5.91 Å². The van der Waals surface area contributed by atoms with Crippen LogP contribution < -0.4 is 4.74 Å². The molecule has 0 unspecified atom stereocenters. The lowest BCUT2D eigenvalue weighted by molar-refractivity contribution is -0.465. The van der Waals surface area contributed by atoms with Crippen molar-refractivity contribution in [3.63, 3.8) is 0 Å². The van der Waals surface area contributed by atoms with E-state index in [4.69, 9.17) is 4.74 Å². The molecular formula is C16H20NO3+. The van der Waals surface area contributed by atoms with E-state index in [0.717, 1.165) is 24.8 Å². The molecule has 0 aromatic heterocycles. The number of carbonyl (C=O) groups is 1. The first-order valence-corrected chi connectivity index (χ1v) is 7.03. The van der Waals surface area contributed by atoms with E-state index in [1.54, 1.807) is 12.1 Å². The average Bonchev–Trinajstić information content (AvgIpc) is 3.28. The van der Waals surface area contributed by atoms with Gasteiger partial charge < -0.3 is 4.74 Å². The zero-order valence-electron chi connectivity index (χ0n) is 12.0. The smallest absolute Gasteiger partial charge is 0.465 e. The van der Waals surface area contributed by atoms with Crippen molar-refractivity contribution in [3.05, 3.63) is 46.4 Å². The predicted octanol–water partition coefficient (Wildman–Crippen LogP) is 3.42. The largest absolute Gasteiger partial charge is 0.489 e. The Morgan fingerprint density at radius 3 is 2.80 bits per heavy atom. The number of hydrogen-bond donors (Lipinski definition) is 0. The molecule has 1 aliphatic rings. The van der Waals surface area contributed by atoms with E-state index in [1.807, 2.05) is 25.1 Å². The quantitative estimate of drug-likeness (QED) is 0.590. The van der Waals surface area contributed by atoms with Gasteiger partial charge in [0.2, 0.25) is 6.04 Å². The minimum Gasteiger partial charge on any atom is -0.489 e. The lowest BCUT2D eigenvalue weighted by Crippen LogP contribution is -2.21. The number of amides is 1. The van der Waals surface area contributed by atoms with Crippen molar-refractivity contribution in [1.29, 1.82) is 0 Å². The van der Waals surface area contributed by atoms with Gasteiger partial charge in [-0.1, -0.05) is 25.1 Å². The third-order valence-corrected chi connectivity index (χ3v) is 3.33. The van der Waals surface area contributed by atoms with E-state index in [9.17, 15) is 9.70 Å². The highest BCUT2D eigenvalue weighted by atomic mass is 16.5. The fourth-order valence-electron chi connectivity index (χ4n) is 1.97. The molecule has 1 aliphatic carbocycles. The number of hydrogen-bond acceptors (Lipinski definition) is 3. The van der Waals surface area contributed by atoms with Crippen molar-refractivity contribution >= 4 is 5.91 Å². The van der Waals surface area contributed by atoms with Gasteiger partial charge in [-0.25, -0.2) is 4.79 Å². The van der Waals surface area contributed by atoms with Gasteiger partial charge in [-0.2, -0.15) is 0 Å². The van der Waals surface area contributed by atoms with Crippen LogP contribution in [0.15, 0.2) is 30.4 Å². The second-order valence-electron chi connectivity index (χ2n) is 4.98. The van der Waals surface area contributed by atoms with Crippen LogP contribution in [0.5, 0.6) is 5.75 Å². The standard InChI is InChI=1S/C16H20NO3/c1-3-4-5-11-20-15-8-6-7-14(12(15)2)16(18)17(19)13-9-10-13/h4-8,13H,3,9-11H2,1-2H3/q+1/b5-4-. The van der Waals surface area contributed by atoms with E-state index in [-0.39, 0.29) is 6.04 Å². The third kappa shape index (κ3) is 3.32. The Labute approximate surface area is 119 Å². The molecule has 0 spiro atoms. The number of ether oxygens (including phenoxy) is 1. The molecular weight excluding hydrogens is 254 g/mol. The van der Waals surface area contributed by atoms with Crippen LogP contribution >= 0.6 is 0 Å². The first-order chi connectivity index (χ1) is 9.65. The lowest BCUT2D eigenvalue weighted by Gasteiger charge is -2.08. The molecule has 4 nitrogen and oxygen atoms in total. The number of carbonyl (C=O) groups excluding carboxylic acids is 1. The number of allylic oxidation sites excluding steroid dienone is 1. The highest BCUT2D eigenvalue weighted by molar-refractivity contribution is 5.90. The summed E-state index contributed by atoms with van der Waals surface area (Å²) in [5.41, 5.74) is 1.16. The van der Waals surface area contributed by atoms with Gasteiger partial charge in [0.25, 0.3) is 0 Å². The second-order valence-corrected chi connectivity index (χ2v) is 4.98. The molecule has 0 atom stereocenters. The molecule has 0 bridgehead atoms. The van der Waals surface area contributed by atoms with E-state index >= 15 is 0 Å². The van der Waals surface area contributed by atoms with Crippen LogP contribution in [0.2, 0.25) is 0 Å². The third-order valence-electron chi connectivity index (χ3n) is 3.33. The van der Waals surface area contributed by atoms with Gasteiger partial charge in [-0.3, -0.25) is 0 Å². The normalized spacial score (nSPS) is 14.5. The van der Waals surface area contributed by atoms with Crippen LogP contribution in [0.25, 0.3) is 0 Å². The van der Waals surface area contributed by atoms with Gasteiger partial charge in [0.1, 0.15) is 17.9 Å². The molecule has 1 aromatic rings. The molecule has 0 heterocycles. The number of nitrogens with zero attached hydrogens (tertiary/aromatic N) is 1. The molecule has 106 valence electrons. The van der Waals surface area contributed by atoms with Gasteiger partial charge in [-0.15, -0.1) is 0 Å². The summed E-state index contributed by atoms with van der Waals surface area (Å²) in [4.78, 5) is 23.9. The molecule has 0 aliphatic heterocycles. The van der Waals surface area contributed by atoms with E-state index in [2.05, 4.69) is 6.92 Å². The van der Waals surface area contributed by atoms with Gasteiger partial charge in [0.15, 0.2) is 0 Å². The molecule has 1 fully saturated rings. The second kappa shape index (κ2) is 6.46. The Bertz CT molecular complexity index is 545. The van der Waals surface area contributed by atoms with Crippen LogP contribution in [0.1, 0.15) is 42.1 Å². The molecule has 0 saturated heterocycles. The van der Waals surface area contributed by atoms with Crippen molar-refractivity contribution in [1.82, 2.24) is 0 Å². The zero-order valence-corrected chi connectivity index (χ0v) is 12.0. The van der Waals surface area contributed by atoms with Crippen molar-refractivity contribution in [2.24, 2.45) is 0 Å². The van der Waals surface area contributed by atoms with Gasteiger partial charge in [0, 0.05) is 23.3 Å². The molecule has 1 saturated carbocycles. The molecule has 0 radical (unpaired) electrons. The van der Waals surface area contributed by atoms with Gasteiger partial charge in [0.05, 0.1) is 4.76 Å². The first kappa shape index (κ1) is 14.4. The summed E-state index contributed by atoms with van der Waals surface area (Å²) in [6.45, 7) is 4.34. The van der Waals surface area contributed by atoms with Crippen LogP contribution in [-0.4, -0.2) is 23.3 Å². The van der Waals surface area contributed by atoms with Crippen LogP contribution in [0.4, 0.5) is 0 Å². The van der Waals surface area contributed by atoms with Crippen molar-refractivity contribution < 1.29 is 14.3 Å². The highest BCUT2D eigenvalue weighted by Gasteiger charge is 2.43. The topological polar surface area (TPSA) is 46.4 Å². The minimum atomic E-state index is -0.459. The number of benzene rings is 1. The maximum atomic E-state index is 12.1. The fraction of sp³-hybridized carbons (Fsp3) is 0.438. The zero-order chi connectivity index (χ0) is 14.5.